The Balaban J connectivity index is 2.04. The van der Waals surface area contributed by atoms with Crippen LogP contribution in [0.3, 0.4) is 0 Å². The Bertz CT molecular complexity index is 146. The van der Waals surface area contributed by atoms with Crippen molar-refractivity contribution >= 4 is 11.2 Å². The molecular weight excluding hydrogens is 172 g/mol. The number of ether oxygens (including phenoxy) is 1. The summed E-state index contributed by atoms with van der Waals surface area (Å²) in [6, 6.07) is 0. The molecule has 0 aromatic heterocycles. The van der Waals surface area contributed by atoms with Crippen molar-refractivity contribution in [3.8, 4) is 0 Å². The zero-order valence-electron chi connectivity index (χ0n) is 7.38. The zero-order chi connectivity index (χ0) is 8.44. The second kappa shape index (κ2) is 3.56. The van der Waals surface area contributed by atoms with Gasteiger partial charge in [0.05, 0.1) is 6.61 Å². The fourth-order valence-electron chi connectivity index (χ4n) is 2.21. The van der Waals surface area contributed by atoms with Crippen molar-refractivity contribution in [1.29, 1.82) is 0 Å². The van der Waals surface area contributed by atoms with E-state index in [1.165, 1.54) is 6.42 Å². The summed E-state index contributed by atoms with van der Waals surface area (Å²) in [5, 5.41) is 0. The molecule has 0 aromatic rings. The molecule has 2 atom stereocenters. The molecule has 2 aliphatic heterocycles. The van der Waals surface area contributed by atoms with Crippen molar-refractivity contribution < 1.29 is 9.29 Å². The Hall–Kier alpha value is 0.270. The van der Waals surface area contributed by atoms with Gasteiger partial charge in [-0.1, -0.05) is 0 Å². The van der Waals surface area contributed by atoms with Crippen LogP contribution < -0.4 is 0 Å². The van der Waals surface area contributed by atoms with Gasteiger partial charge in [0, 0.05) is 19.4 Å². The summed E-state index contributed by atoms with van der Waals surface area (Å²) in [6.45, 7) is 1.62. The van der Waals surface area contributed by atoms with Crippen LogP contribution in [0.15, 0.2) is 0 Å². The third-order valence-electron chi connectivity index (χ3n) is 2.98. The first-order valence-electron chi connectivity index (χ1n) is 4.80. The normalized spacial score (nSPS) is 43.2. The molecule has 3 heteroatoms. The summed E-state index contributed by atoms with van der Waals surface area (Å²) in [5.74, 6) is 0.906. The van der Waals surface area contributed by atoms with E-state index in [0.717, 1.165) is 44.6 Å². The average molecular weight is 188 g/mol. The topological polar surface area (TPSA) is 32.3 Å². The highest BCUT2D eigenvalue weighted by atomic mass is 32.2. The largest absolute Gasteiger partial charge is 0.616 e. The first-order chi connectivity index (χ1) is 5.83. The highest BCUT2D eigenvalue weighted by molar-refractivity contribution is 7.92. The van der Waals surface area contributed by atoms with E-state index in [1.54, 1.807) is 0 Å². The molecule has 0 bridgehead atoms. The number of rotatable bonds is 0. The zero-order valence-corrected chi connectivity index (χ0v) is 8.20. The van der Waals surface area contributed by atoms with Gasteiger partial charge in [0.15, 0.2) is 0 Å². The lowest BCUT2D eigenvalue weighted by molar-refractivity contribution is 0.0606. The van der Waals surface area contributed by atoms with E-state index < -0.39 is 11.2 Å². The second-order valence-electron chi connectivity index (χ2n) is 3.85. The molecule has 2 saturated heterocycles. The van der Waals surface area contributed by atoms with Crippen LogP contribution >= 0.6 is 0 Å². The highest BCUT2D eigenvalue weighted by Crippen LogP contribution is 2.37. The van der Waals surface area contributed by atoms with Crippen molar-refractivity contribution in [1.82, 2.24) is 0 Å². The number of hydrogen-bond donors (Lipinski definition) is 0. The van der Waals surface area contributed by atoms with Gasteiger partial charge in [-0.15, -0.1) is 0 Å². The van der Waals surface area contributed by atoms with Gasteiger partial charge in [-0.05, 0) is 30.4 Å². The van der Waals surface area contributed by atoms with Crippen LogP contribution in [0, 0.1) is 0 Å². The summed E-state index contributed by atoms with van der Waals surface area (Å²) < 4.78 is 17.3. The molecule has 12 heavy (non-hydrogen) atoms. The van der Waals surface area contributed by atoms with Gasteiger partial charge in [-0.2, -0.15) is 0 Å². The SMILES string of the molecule is [O-][S+]1CCCCC12CCCOC2. The van der Waals surface area contributed by atoms with E-state index in [0.29, 0.717) is 0 Å². The Kier molecular flexibility index (Phi) is 2.63. The summed E-state index contributed by atoms with van der Waals surface area (Å²) in [5.41, 5.74) is 0. The fraction of sp³-hybridized carbons (Fsp3) is 1.00. The Morgan fingerprint density at radius 3 is 2.67 bits per heavy atom. The van der Waals surface area contributed by atoms with Crippen molar-refractivity contribution in [3.05, 3.63) is 0 Å². The lowest BCUT2D eigenvalue weighted by Crippen LogP contribution is -2.49. The van der Waals surface area contributed by atoms with Crippen LogP contribution in [-0.4, -0.2) is 28.3 Å². The maximum atomic E-state index is 11.8. The molecule has 0 aliphatic carbocycles. The van der Waals surface area contributed by atoms with Gasteiger partial charge in [0.25, 0.3) is 0 Å². The molecule has 2 nitrogen and oxygen atoms in total. The van der Waals surface area contributed by atoms with Crippen molar-refractivity contribution in [2.75, 3.05) is 19.0 Å². The standard InChI is InChI=1S/C9H16O2S/c10-12-7-2-1-4-9(12)5-3-6-11-8-9/h1-8H2. The van der Waals surface area contributed by atoms with Gasteiger partial charge >= 0.3 is 0 Å². The smallest absolute Gasteiger partial charge is 0.148 e. The minimum Gasteiger partial charge on any atom is -0.616 e. The van der Waals surface area contributed by atoms with Crippen molar-refractivity contribution in [2.45, 2.75) is 36.9 Å². The van der Waals surface area contributed by atoms with Gasteiger partial charge in [-0.25, -0.2) is 0 Å². The molecule has 70 valence electrons. The van der Waals surface area contributed by atoms with Gasteiger partial charge in [0.2, 0.25) is 0 Å². The molecule has 0 radical (unpaired) electrons. The van der Waals surface area contributed by atoms with E-state index in [4.69, 9.17) is 4.74 Å². The second-order valence-corrected chi connectivity index (χ2v) is 5.81. The fourth-order valence-corrected chi connectivity index (χ4v) is 4.07. The van der Waals surface area contributed by atoms with E-state index in [1.807, 2.05) is 0 Å². The summed E-state index contributed by atoms with van der Waals surface area (Å²) >= 11 is -0.610. The third kappa shape index (κ3) is 1.50. The van der Waals surface area contributed by atoms with Crippen LogP contribution in [-0.2, 0) is 15.9 Å². The molecular formula is C9H16O2S. The van der Waals surface area contributed by atoms with Crippen molar-refractivity contribution in [3.63, 3.8) is 0 Å². The Morgan fingerprint density at radius 2 is 2.00 bits per heavy atom. The summed E-state index contributed by atoms with van der Waals surface area (Å²) in [4.78, 5) is 0. The maximum absolute atomic E-state index is 11.8. The minimum atomic E-state index is -0.610. The van der Waals surface area contributed by atoms with E-state index in [-0.39, 0.29) is 4.75 Å². The first kappa shape index (κ1) is 8.85. The van der Waals surface area contributed by atoms with Gasteiger partial charge in [-0.3, -0.25) is 0 Å². The minimum absolute atomic E-state index is 0.0660. The molecule has 0 saturated carbocycles. The quantitative estimate of drug-likeness (QED) is 0.539. The maximum Gasteiger partial charge on any atom is 0.148 e. The summed E-state index contributed by atoms with van der Waals surface area (Å²) in [6.07, 6.45) is 5.74. The molecule has 1 spiro atoms. The Morgan fingerprint density at radius 1 is 1.17 bits per heavy atom. The Labute approximate surface area is 76.9 Å². The predicted molar refractivity (Wildman–Crippen MR) is 49.6 cm³/mol. The van der Waals surface area contributed by atoms with Crippen LogP contribution in [0.1, 0.15) is 32.1 Å². The molecule has 2 aliphatic rings. The highest BCUT2D eigenvalue weighted by Gasteiger charge is 2.45. The third-order valence-corrected chi connectivity index (χ3v) is 5.13. The van der Waals surface area contributed by atoms with Crippen molar-refractivity contribution in [2.24, 2.45) is 0 Å². The lowest BCUT2D eigenvalue weighted by Gasteiger charge is -2.40. The van der Waals surface area contributed by atoms with Crippen LogP contribution in [0.4, 0.5) is 0 Å². The molecule has 2 heterocycles. The summed E-state index contributed by atoms with van der Waals surface area (Å²) in [7, 11) is 0. The lowest BCUT2D eigenvalue weighted by atomic mass is 9.94. The van der Waals surface area contributed by atoms with E-state index in [2.05, 4.69) is 0 Å². The van der Waals surface area contributed by atoms with Crippen LogP contribution in [0.5, 0.6) is 0 Å². The number of hydrogen-bond acceptors (Lipinski definition) is 2. The molecule has 2 rings (SSSR count). The van der Waals surface area contributed by atoms with Gasteiger partial charge < -0.3 is 9.29 Å². The molecule has 2 unspecified atom stereocenters. The van der Waals surface area contributed by atoms with Crippen LogP contribution in [0.2, 0.25) is 0 Å². The molecule has 0 amide bonds. The molecule has 2 fully saturated rings. The molecule has 0 aromatic carbocycles. The molecule has 0 N–H and O–H groups in total. The first-order valence-corrected chi connectivity index (χ1v) is 6.12. The van der Waals surface area contributed by atoms with Crippen LogP contribution in [0.25, 0.3) is 0 Å². The van der Waals surface area contributed by atoms with E-state index >= 15 is 0 Å². The van der Waals surface area contributed by atoms with E-state index in [9.17, 15) is 4.55 Å². The average Bonchev–Trinajstić information content (AvgIpc) is 2.12. The van der Waals surface area contributed by atoms with Gasteiger partial charge in [0.1, 0.15) is 10.5 Å². The monoisotopic (exact) mass is 188 g/mol. The predicted octanol–water partition coefficient (Wildman–Crippen LogP) is 1.47.